The van der Waals surface area contributed by atoms with Gasteiger partial charge in [-0.2, -0.15) is 0 Å². The summed E-state index contributed by atoms with van der Waals surface area (Å²) < 4.78 is 23.7. The van der Waals surface area contributed by atoms with Crippen LogP contribution in [-0.4, -0.2) is 73.4 Å². The second kappa shape index (κ2) is 45.1. The lowest BCUT2D eigenvalue weighted by Gasteiger charge is -2.25. The van der Waals surface area contributed by atoms with Crippen LogP contribution < -0.4 is 5.32 Å². The highest BCUT2D eigenvalue weighted by Crippen LogP contribution is 2.43. The Morgan fingerprint density at radius 2 is 0.887 bits per heavy atom. The van der Waals surface area contributed by atoms with Gasteiger partial charge in [-0.3, -0.25) is 13.8 Å². The van der Waals surface area contributed by atoms with Crippen molar-refractivity contribution in [2.24, 2.45) is 0 Å². The lowest BCUT2D eigenvalue weighted by molar-refractivity contribution is -0.870. The van der Waals surface area contributed by atoms with E-state index in [2.05, 4.69) is 31.3 Å². The number of phosphoric acid groups is 1. The van der Waals surface area contributed by atoms with E-state index in [0.29, 0.717) is 17.4 Å². The van der Waals surface area contributed by atoms with Crippen LogP contribution in [0.1, 0.15) is 258 Å². The topological polar surface area (TPSA) is 105 Å². The number of amides is 1. The fraction of sp³-hybridized carbons (Fsp3) is 0.906. The van der Waals surface area contributed by atoms with E-state index in [9.17, 15) is 19.4 Å². The predicted octanol–water partition coefficient (Wildman–Crippen LogP) is 15.6. The molecule has 0 aliphatic heterocycles. The third-order valence-corrected chi connectivity index (χ3v) is 13.2. The normalized spacial score (nSPS) is 14.2. The number of aliphatic hydroxyl groups is 1. The van der Waals surface area contributed by atoms with E-state index in [1.165, 1.54) is 199 Å². The number of quaternary nitrogens is 1. The van der Waals surface area contributed by atoms with Gasteiger partial charge in [0.15, 0.2) is 0 Å². The smallest absolute Gasteiger partial charge is 0.387 e. The molecule has 0 aliphatic carbocycles. The Hall–Kier alpha value is -1.02. The molecule has 8 nitrogen and oxygen atoms in total. The molecule has 0 saturated heterocycles. The minimum Gasteiger partial charge on any atom is -0.387 e. The minimum atomic E-state index is -4.35. The summed E-state index contributed by atoms with van der Waals surface area (Å²) in [5.74, 6) is -0.182. The van der Waals surface area contributed by atoms with Crippen LogP contribution in [0.3, 0.4) is 0 Å². The van der Waals surface area contributed by atoms with Crippen molar-refractivity contribution in [3.8, 4) is 0 Å². The number of likely N-dealkylation sites (N-methyl/N-ethyl adjacent to an activating group) is 1. The van der Waals surface area contributed by atoms with Crippen LogP contribution in [0, 0.1) is 0 Å². The molecule has 0 rings (SSSR count). The van der Waals surface area contributed by atoms with E-state index < -0.39 is 20.0 Å². The van der Waals surface area contributed by atoms with Gasteiger partial charge in [0, 0.05) is 6.42 Å². The number of aliphatic hydroxyl groups excluding tert-OH is 1. The average molecular weight is 898 g/mol. The van der Waals surface area contributed by atoms with Crippen LogP contribution in [0.25, 0.3) is 0 Å². The molecule has 0 heterocycles. The molecule has 0 aromatic rings. The number of carbonyl (C=O) groups is 1. The Balaban J connectivity index is 4.31. The van der Waals surface area contributed by atoms with Gasteiger partial charge in [-0.25, -0.2) is 4.57 Å². The molecule has 0 fully saturated rings. The van der Waals surface area contributed by atoms with Gasteiger partial charge in [0.1, 0.15) is 13.2 Å². The predicted molar refractivity (Wildman–Crippen MR) is 268 cm³/mol. The van der Waals surface area contributed by atoms with Crippen LogP contribution in [0.4, 0.5) is 0 Å². The molecular formula is C53H106N2O6P+. The van der Waals surface area contributed by atoms with E-state index in [4.69, 9.17) is 9.05 Å². The number of unbranched alkanes of at least 4 members (excludes halogenated alkanes) is 34. The van der Waals surface area contributed by atoms with Crippen molar-refractivity contribution in [2.75, 3.05) is 40.9 Å². The molecule has 62 heavy (non-hydrogen) atoms. The molecule has 368 valence electrons. The molecule has 3 N–H and O–H groups in total. The van der Waals surface area contributed by atoms with Gasteiger partial charge >= 0.3 is 7.82 Å². The van der Waals surface area contributed by atoms with Gasteiger partial charge in [-0.15, -0.1) is 0 Å². The molecule has 3 atom stereocenters. The molecule has 1 amide bonds. The van der Waals surface area contributed by atoms with Crippen molar-refractivity contribution in [1.82, 2.24) is 5.32 Å². The summed E-state index contributed by atoms with van der Waals surface area (Å²) in [6, 6.07) is -0.859. The van der Waals surface area contributed by atoms with Crippen molar-refractivity contribution in [2.45, 2.75) is 270 Å². The van der Waals surface area contributed by atoms with Crippen molar-refractivity contribution in [1.29, 1.82) is 0 Å². The van der Waals surface area contributed by atoms with Gasteiger partial charge in [-0.05, 0) is 32.1 Å². The standard InChI is InChI=1S/C53H105N2O6P/c1-6-8-10-12-14-16-18-20-22-24-26-27-29-30-32-34-36-38-40-42-44-46-52(56)51(50-61-62(58,59)60-49-48-55(3,4)5)54-53(57)47-45-43-41-39-37-35-33-31-28-25-23-21-19-17-15-13-11-9-7-2/h36,38,44,46,51-52,56H,6-35,37,39-43,45,47-50H2,1-5H3,(H-,54,57,58,59)/p+1/b38-36+,46-44+. The average Bonchev–Trinajstić information content (AvgIpc) is 3.23. The lowest BCUT2D eigenvalue weighted by atomic mass is 10.0. The van der Waals surface area contributed by atoms with E-state index in [1.807, 2.05) is 27.2 Å². The fourth-order valence-electron chi connectivity index (χ4n) is 7.94. The van der Waals surface area contributed by atoms with Crippen molar-refractivity contribution in [3.05, 3.63) is 24.3 Å². The minimum absolute atomic E-state index is 0.0586. The molecular weight excluding hydrogens is 792 g/mol. The summed E-state index contributed by atoms with van der Waals surface area (Å²) in [6.45, 7) is 4.83. The zero-order chi connectivity index (χ0) is 45.7. The van der Waals surface area contributed by atoms with Crippen molar-refractivity contribution >= 4 is 13.7 Å². The van der Waals surface area contributed by atoms with Gasteiger partial charge in [0.25, 0.3) is 0 Å². The second-order valence-corrected chi connectivity index (χ2v) is 21.1. The van der Waals surface area contributed by atoms with Crippen LogP contribution in [0.2, 0.25) is 0 Å². The first kappa shape index (κ1) is 61.0. The SMILES string of the molecule is CCCCCCCCCCCCCCCCC/C=C/CC/C=C/C(O)C(COP(=O)(O)OCC[N+](C)(C)C)NC(=O)CCCCCCCCCCCCCCCCCCCCC. The third kappa shape index (κ3) is 47.0. The zero-order valence-electron chi connectivity index (χ0n) is 41.9. The number of hydrogen-bond acceptors (Lipinski definition) is 5. The van der Waals surface area contributed by atoms with Crippen LogP contribution >= 0.6 is 7.82 Å². The fourth-order valence-corrected chi connectivity index (χ4v) is 8.68. The first-order chi connectivity index (χ1) is 30.0. The molecule has 0 saturated carbocycles. The summed E-state index contributed by atoms with van der Waals surface area (Å²) in [5.41, 5.74) is 0. The van der Waals surface area contributed by atoms with Gasteiger partial charge in [0.2, 0.25) is 5.91 Å². The van der Waals surface area contributed by atoms with Crippen LogP contribution in [0.5, 0.6) is 0 Å². The number of rotatable bonds is 49. The van der Waals surface area contributed by atoms with Gasteiger partial charge in [0.05, 0.1) is 39.9 Å². The largest absolute Gasteiger partial charge is 0.472 e. The third-order valence-electron chi connectivity index (χ3n) is 12.2. The first-order valence-electron chi connectivity index (χ1n) is 26.7. The Bertz CT molecular complexity index is 1060. The van der Waals surface area contributed by atoms with Crippen LogP contribution in [0.15, 0.2) is 24.3 Å². The molecule has 9 heteroatoms. The number of phosphoric ester groups is 1. The van der Waals surface area contributed by atoms with Crippen LogP contribution in [-0.2, 0) is 18.4 Å². The molecule has 0 aromatic carbocycles. The Labute approximate surface area is 385 Å². The first-order valence-corrected chi connectivity index (χ1v) is 28.2. The molecule has 0 radical (unpaired) electrons. The summed E-state index contributed by atoms with van der Waals surface area (Å²) in [7, 11) is 1.57. The highest BCUT2D eigenvalue weighted by atomic mass is 31.2. The highest BCUT2D eigenvalue weighted by molar-refractivity contribution is 7.47. The summed E-state index contributed by atoms with van der Waals surface area (Å²) in [4.78, 5) is 23.2. The second-order valence-electron chi connectivity index (χ2n) is 19.6. The number of hydrogen-bond donors (Lipinski definition) is 3. The number of nitrogens with zero attached hydrogens (tertiary/aromatic N) is 1. The maximum atomic E-state index is 12.9. The quantitative estimate of drug-likeness (QED) is 0.0243. The summed E-state index contributed by atoms with van der Waals surface area (Å²) >= 11 is 0. The number of allylic oxidation sites excluding steroid dienone is 3. The van der Waals surface area contributed by atoms with E-state index in [-0.39, 0.29) is 19.1 Å². The molecule has 0 aliphatic rings. The Kier molecular flexibility index (Phi) is 44.4. The Morgan fingerprint density at radius 1 is 0.532 bits per heavy atom. The maximum Gasteiger partial charge on any atom is 0.472 e. The Morgan fingerprint density at radius 3 is 1.29 bits per heavy atom. The summed E-state index contributed by atoms with van der Waals surface area (Å²) in [5, 5.41) is 13.9. The van der Waals surface area contributed by atoms with Gasteiger partial charge in [-0.1, -0.05) is 244 Å². The number of nitrogens with one attached hydrogen (secondary N) is 1. The van der Waals surface area contributed by atoms with Gasteiger partial charge < -0.3 is 19.8 Å². The molecule has 3 unspecified atom stereocenters. The lowest BCUT2D eigenvalue weighted by Crippen LogP contribution is -2.45. The molecule has 0 aromatic heterocycles. The van der Waals surface area contributed by atoms with Crippen molar-refractivity contribution in [3.63, 3.8) is 0 Å². The molecule has 0 bridgehead atoms. The number of carbonyl (C=O) groups excluding carboxylic acids is 1. The molecule has 0 spiro atoms. The van der Waals surface area contributed by atoms with E-state index in [1.54, 1.807) is 6.08 Å². The summed E-state index contributed by atoms with van der Waals surface area (Å²) in [6.07, 6.45) is 55.5. The maximum absolute atomic E-state index is 12.9. The zero-order valence-corrected chi connectivity index (χ0v) is 42.8. The highest BCUT2D eigenvalue weighted by Gasteiger charge is 2.27. The van der Waals surface area contributed by atoms with E-state index in [0.717, 1.165) is 38.5 Å². The van der Waals surface area contributed by atoms with E-state index >= 15 is 0 Å². The van der Waals surface area contributed by atoms with Crippen molar-refractivity contribution < 1.29 is 32.9 Å². The monoisotopic (exact) mass is 898 g/mol.